The van der Waals surface area contributed by atoms with Gasteiger partial charge in [0.05, 0.1) is 12.4 Å². The predicted octanol–water partition coefficient (Wildman–Crippen LogP) is 0.425. The van der Waals surface area contributed by atoms with Crippen molar-refractivity contribution in [3.63, 3.8) is 0 Å². The molecule has 0 fully saturated rings. The second-order valence-electron chi connectivity index (χ2n) is 3.64. The topological polar surface area (TPSA) is 83.6 Å². The quantitative estimate of drug-likeness (QED) is 0.808. The van der Waals surface area contributed by atoms with Crippen LogP contribution >= 0.6 is 0 Å². The molecular formula is C10H13N5O2. The molecule has 0 aliphatic rings. The summed E-state index contributed by atoms with van der Waals surface area (Å²) in [5.41, 5.74) is 0.606. The van der Waals surface area contributed by atoms with Crippen LogP contribution < -0.4 is 4.90 Å². The fraction of sp³-hybridized carbons (Fsp3) is 0.400. The van der Waals surface area contributed by atoms with E-state index in [1.54, 1.807) is 28.0 Å². The molecule has 0 amide bonds. The van der Waals surface area contributed by atoms with Crippen molar-refractivity contribution in [3.05, 3.63) is 18.7 Å². The normalized spacial score (nSPS) is 10.6. The minimum Gasteiger partial charge on any atom is -0.480 e. The van der Waals surface area contributed by atoms with Gasteiger partial charge in [0.15, 0.2) is 5.65 Å². The maximum atomic E-state index is 10.8. The van der Waals surface area contributed by atoms with Gasteiger partial charge in [0.1, 0.15) is 18.7 Å². The first kappa shape index (κ1) is 11.3. The zero-order valence-electron chi connectivity index (χ0n) is 9.44. The van der Waals surface area contributed by atoms with Crippen LogP contribution in [0.5, 0.6) is 0 Å². The smallest absolute Gasteiger partial charge is 0.323 e. The van der Waals surface area contributed by atoms with Crippen LogP contribution in [0.1, 0.15) is 13.3 Å². The van der Waals surface area contributed by atoms with Gasteiger partial charge >= 0.3 is 5.97 Å². The van der Waals surface area contributed by atoms with Crippen LogP contribution in [0.15, 0.2) is 18.7 Å². The van der Waals surface area contributed by atoms with E-state index in [-0.39, 0.29) is 6.54 Å². The minimum absolute atomic E-state index is 0.0627. The number of carbonyl (C=O) groups is 1. The Labute approximate surface area is 97.7 Å². The number of fused-ring (bicyclic) bond motifs is 1. The summed E-state index contributed by atoms with van der Waals surface area (Å²) >= 11 is 0. The van der Waals surface area contributed by atoms with Crippen molar-refractivity contribution in [2.75, 3.05) is 18.0 Å². The monoisotopic (exact) mass is 235 g/mol. The predicted molar refractivity (Wildman–Crippen MR) is 60.9 cm³/mol. The maximum absolute atomic E-state index is 10.8. The number of aliphatic carboxylic acids is 1. The van der Waals surface area contributed by atoms with Crippen molar-refractivity contribution in [3.8, 4) is 0 Å². The van der Waals surface area contributed by atoms with E-state index in [9.17, 15) is 4.79 Å². The third-order valence-corrected chi connectivity index (χ3v) is 2.34. The lowest BCUT2D eigenvalue weighted by Crippen LogP contribution is -2.31. The Bertz CT molecular complexity index is 524. The fourth-order valence-electron chi connectivity index (χ4n) is 1.68. The Morgan fingerprint density at radius 1 is 1.53 bits per heavy atom. The van der Waals surface area contributed by atoms with Gasteiger partial charge in [-0.2, -0.15) is 0 Å². The van der Waals surface area contributed by atoms with E-state index in [0.717, 1.165) is 6.42 Å². The van der Waals surface area contributed by atoms with Crippen LogP contribution in [-0.4, -0.2) is 43.7 Å². The lowest BCUT2D eigenvalue weighted by Gasteiger charge is -2.22. The number of anilines is 1. The van der Waals surface area contributed by atoms with Gasteiger partial charge in [0.25, 0.3) is 0 Å². The molecule has 2 heterocycles. The average molecular weight is 235 g/mol. The highest BCUT2D eigenvalue weighted by Crippen LogP contribution is 2.14. The summed E-state index contributed by atoms with van der Waals surface area (Å²) in [5.74, 6) is -0.180. The van der Waals surface area contributed by atoms with E-state index in [0.29, 0.717) is 18.0 Å². The molecule has 7 heteroatoms. The molecule has 0 radical (unpaired) electrons. The molecule has 0 spiro atoms. The van der Waals surface area contributed by atoms with Crippen molar-refractivity contribution in [1.82, 2.24) is 19.6 Å². The summed E-state index contributed by atoms with van der Waals surface area (Å²) in [7, 11) is 0. The second kappa shape index (κ2) is 4.77. The van der Waals surface area contributed by atoms with E-state index in [1.165, 1.54) is 0 Å². The molecule has 0 aromatic carbocycles. The van der Waals surface area contributed by atoms with Gasteiger partial charge < -0.3 is 10.0 Å². The Kier molecular flexibility index (Phi) is 3.17. The number of carboxylic acid groups (broad SMARTS) is 1. The summed E-state index contributed by atoms with van der Waals surface area (Å²) in [5, 5.41) is 16.6. The van der Waals surface area contributed by atoms with Crippen molar-refractivity contribution in [1.29, 1.82) is 0 Å². The molecule has 0 aliphatic heterocycles. The summed E-state index contributed by atoms with van der Waals surface area (Å²) < 4.78 is 1.73. The van der Waals surface area contributed by atoms with E-state index in [2.05, 4.69) is 15.2 Å². The van der Waals surface area contributed by atoms with Gasteiger partial charge in [0, 0.05) is 6.54 Å². The minimum atomic E-state index is -0.872. The summed E-state index contributed by atoms with van der Waals surface area (Å²) in [6.45, 7) is 2.58. The zero-order valence-corrected chi connectivity index (χ0v) is 9.44. The number of hydrogen-bond acceptors (Lipinski definition) is 5. The van der Waals surface area contributed by atoms with Gasteiger partial charge in [-0.1, -0.05) is 6.92 Å². The van der Waals surface area contributed by atoms with E-state index < -0.39 is 5.97 Å². The van der Waals surface area contributed by atoms with Crippen molar-refractivity contribution in [2.45, 2.75) is 13.3 Å². The third kappa shape index (κ3) is 2.32. The van der Waals surface area contributed by atoms with E-state index >= 15 is 0 Å². The van der Waals surface area contributed by atoms with Crippen LogP contribution in [0.2, 0.25) is 0 Å². The molecule has 0 atom stereocenters. The molecule has 2 aromatic heterocycles. The van der Waals surface area contributed by atoms with Crippen molar-refractivity contribution in [2.24, 2.45) is 0 Å². The van der Waals surface area contributed by atoms with Gasteiger partial charge in [-0.05, 0) is 6.42 Å². The Morgan fingerprint density at radius 2 is 2.35 bits per heavy atom. The first-order chi connectivity index (χ1) is 8.22. The van der Waals surface area contributed by atoms with Crippen LogP contribution in [0.25, 0.3) is 5.65 Å². The van der Waals surface area contributed by atoms with Gasteiger partial charge in [0.2, 0.25) is 0 Å². The summed E-state index contributed by atoms with van der Waals surface area (Å²) in [4.78, 5) is 16.6. The Hall–Kier alpha value is -2.18. The number of carboxylic acids is 1. The van der Waals surface area contributed by atoms with E-state index in [1.807, 2.05) is 6.92 Å². The van der Waals surface area contributed by atoms with Gasteiger partial charge in [-0.3, -0.25) is 14.2 Å². The summed E-state index contributed by atoms with van der Waals surface area (Å²) in [6.07, 6.45) is 5.61. The second-order valence-corrected chi connectivity index (χ2v) is 3.64. The van der Waals surface area contributed by atoms with Crippen LogP contribution in [0.4, 0.5) is 5.82 Å². The van der Waals surface area contributed by atoms with Crippen molar-refractivity contribution >= 4 is 17.4 Å². The van der Waals surface area contributed by atoms with Crippen LogP contribution in [0.3, 0.4) is 0 Å². The first-order valence-electron chi connectivity index (χ1n) is 5.33. The van der Waals surface area contributed by atoms with Crippen LogP contribution in [-0.2, 0) is 4.79 Å². The van der Waals surface area contributed by atoms with Gasteiger partial charge in [-0.15, -0.1) is 10.2 Å². The zero-order chi connectivity index (χ0) is 12.3. The highest BCUT2D eigenvalue weighted by molar-refractivity contribution is 5.73. The molecular weight excluding hydrogens is 222 g/mol. The highest BCUT2D eigenvalue weighted by Gasteiger charge is 2.13. The molecule has 2 rings (SSSR count). The molecule has 17 heavy (non-hydrogen) atoms. The Balaban J connectivity index is 2.40. The lowest BCUT2D eigenvalue weighted by molar-refractivity contribution is -0.135. The molecule has 2 aromatic rings. The highest BCUT2D eigenvalue weighted by atomic mass is 16.4. The standard InChI is InChI=1S/C10H13N5O2/c1-2-3-14(6-10(16)17)9-5-11-4-8-13-12-7-15(8)9/h4-5,7H,2-3,6H2,1H3,(H,16,17). The SMILES string of the molecule is CCCN(CC(=O)O)c1cncc2nncn12. The molecule has 7 nitrogen and oxygen atoms in total. The maximum Gasteiger partial charge on any atom is 0.323 e. The molecule has 0 aliphatic carbocycles. The first-order valence-corrected chi connectivity index (χ1v) is 5.33. The largest absolute Gasteiger partial charge is 0.480 e. The molecule has 0 bridgehead atoms. The fourth-order valence-corrected chi connectivity index (χ4v) is 1.68. The molecule has 0 unspecified atom stereocenters. The molecule has 0 saturated heterocycles. The lowest BCUT2D eigenvalue weighted by atomic mass is 10.4. The Morgan fingerprint density at radius 3 is 3.06 bits per heavy atom. The number of aromatic nitrogens is 4. The number of hydrogen-bond donors (Lipinski definition) is 1. The van der Waals surface area contributed by atoms with Crippen LogP contribution in [0, 0.1) is 0 Å². The molecule has 0 saturated carbocycles. The average Bonchev–Trinajstić information content (AvgIpc) is 2.75. The number of rotatable bonds is 5. The number of nitrogens with zero attached hydrogens (tertiary/aromatic N) is 5. The van der Waals surface area contributed by atoms with Crippen molar-refractivity contribution < 1.29 is 9.90 Å². The molecule has 90 valence electrons. The van der Waals surface area contributed by atoms with E-state index in [4.69, 9.17) is 5.11 Å². The third-order valence-electron chi connectivity index (χ3n) is 2.34. The van der Waals surface area contributed by atoms with Gasteiger partial charge in [-0.25, -0.2) is 0 Å². The molecule has 1 N–H and O–H groups in total. The summed E-state index contributed by atoms with van der Waals surface area (Å²) in [6, 6.07) is 0.